The van der Waals surface area contributed by atoms with E-state index in [1.54, 1.807) is 6.07 Å². The summed E-state index contributed by atoms with van der Waals surface area (Å²) in [5, 5.41) is 14.0. The first-order valence-corrected chi connectivity index (χ1v) is 9.25. The highest BCUT2D eigenvalue weighted by Gasteiger charge is 2.38. The fourth-order valence-corrected chi connectivity index (χ4v) is 4.06. The van der Waals surface area contributed by atoms with Crippen molar-refractivity contribution in [2.24, 2.45) is 5.92 Å². The van der Waals surface area contributed by atoms with E-state index in [0.717, 1.165) is 42.9 Å². The van der Waals surface area contributed by atoms with Crippen molar-refractivity contribution >= 4 is 5.69 Å². The van der Waals surface area contributed by atoms with Gasteiger partial charge in [0.15, 0.2) is 0 Å². The van der Waals surface area contributed by atoms with Crippen molar-refractivity contribution in [2.75, 3.05) is 11.9 Å². The smallest absolute Gasteiger partial charge is 0.120 e. The van der Waals surface area contributed by atoms with Crippen LogP contribution in [-0.4, -0.2) is 11.7 Å². The number of ether oxygens (including phenoxy) is 1. The largest absolute Gasteiger partial charge is 0.508 e. The van der Waals surface area contributed by atoms with Crippen LogP contribution >= 0.6 is 0 Å². The lowest BCUT2D eigenvalue weighted by Gasteiger charge is -2.37. The molecule has 3 unspecified atom stereocenters. The lowest BCUT2D eigenvalue weighted by molar-refractivity contribution is 0.308. The Morgan fingerprint density at radius 3 is 2.88 bits per heavy atom. The normalized spacial score (nSPS) is 23.6. The Bertz CT molecular complexity index is 783. The molecule has 3 nitrogen and oxygen atoms in total. The van der Waals surface area contributed by atoms with E-state index in [-0.39, 0.29) is 6.04 Å². The highest BCUT2D eigenvalue weighted by atomic mass is 16.5. The van der Waals surface area contributed by atoms with Crippen LogP contribution in [0, 0.1) is 5.92 Å². The molecule has 0 aromatic heterocycles. The van der Waals surface area contributed by atoms with Gasteiger partial charge in [-0.3, -0.25) is 0 Å². The van der Waals surface area contributed by atoms with Gasteiger partial charge in [0.2, 0.25) is 0 Å². The second-order valence-electron chi connectivity index (χ2n) is 6.99. The number of para-hydroxylation sites is 1. The molecule has 3 atom stereocenters. The molecule has 0 spiro atoms. The average Bonchev–Trinajstić information content (AvgIpc) is 3.12. The number of benzene rings is 2. The van der Waals surface area contributed by atoms with Crippen LogP contribution in [-0.2, 0) is 0 Å². The van der Waals surface area contributed by atoms with E-state index in [2.05, 4.69) is 36.5 Å². The molecular formula is C22H25NO2. The Kier molecular flexibility index (Phi) is 4.39. The average molecular weight is 335 g/mol. The molecule has 0 saturated carbocycles. The van der Waals surface area contributed by atoms with Crippen molar-refractivity contribution in [3.8, 4) is 11.5 Å². The number of allylic oxidation sites excluding steroid dienone is 2. The molecule has 1 aliphatic carbocycles. The highest BCUT2D eigenvalue weighted by molar-refractivity contribution is 5.62. The number of rotatable bonds is 5. The maximum atomic E-state index is 10.3. The van der Waals surface area contributed by atoms with Gasteiger partial charge in [-0.15, -0.1) is 0 Å². The van der Waals surface area contributed by atoms with Crippen LogP contribution in [0.4, 0.5) is 5.69 Å². The minimum atomic E-state index is 0.126. The molecular weight excluding hydrogens is 310 g/mol. The van der Waals surface area contributed by atoms with Gasteiger partial charge in [-0.2, -0.15) is 0 Å². The zero-order valence-corrected chi connectivity index (χ0v) is 14.6. The van der Waals surface area contributed by atoms with Gasteiger partial charge in [0.05, 0.1) is 12.6 Å². The number of unbranched alkanes of at least 4 members (excludes halogenated alkanes) is 1. The molecule has 4 rings (SSSR count). The Morgan fingerprint density at radius 2 is 2.04 bits per heavy atom. The van der Waals surface area contributed by atoms with Crippen LogP contribution in [0.25, 0.3) is 0 Å². The molecule has 3 heteroatoms. The molecule has 0 saturated heterocycles. The second kappa shape index (κ2) is 6.83. The first kappa shape index (κ1) is 16.1. The maximum Gasteiger partial charge on any atom is 0.120 e. The minimum Gasteiger partial charge on any atom is -0.508 e. The molecule has 0 bridgehead atoms. The summed E-state index contributed by atoms with van der Waals surface area (Å²) in [6, 6.07) is 14.1. The van der Waals surface area contributed by atoms with Gasteiger partial charge >= 0.3 is 0 Å². The van der Waals surface area contributed by atoms with Crippen molar-refractivity contribution in [2.45, 2.75) is 38.1 Å². The van der Waals surface area contributed by atoms with Crippen molar-refractivity contribution in [3.63, 3.8) is 0 Å². The summed E-state index contributed by atoms with van der Waals surface area (Å²) < 4.78 is 5.90. The van der Waals surface area contributed by atoms with Crippen LogP contribution in [0.5, 0.6) is 11.5 Å². The van der Waals surface area contributed by atoms with Gasteiger partial charge in [-0.1, -0.05) is 43.7 Å². The SMILES string of the molecule is CCCCOc1ccc2c(c1)C1C=CCC1C(c1ccccc1O)N2. The van der Waals surface area contributed by atoms with Gasteiger partial charge in [0.1, 0.15) is 11.5 Å². The molecule has 2 aromatic rings. The minimum absolute atomic E-state index is 0.126. The van der Waals surface area contributed by atoms with Crippen LogP contribution in [0.1, 0.15) is 49.3 Å². The quantitative estimate of drug-likeness (QED) is 0.568. The van der Waals surface area contributed by atoms with Gasteiger partial charge in [-0.05, 0) is 48.6 Å². The van der Waals surface area contributed by atoms with E-state index in [4.69, 9.17) is 4.74 Å². The van der Waals surface area contributed by atoms with E-state index < -0.39 is 0 Å². The lowest BCUT2D eigenvalue weighted by Crippen LogP contribution is -2.29. The van der Waals surface area contributed by atoms with Gasteiger partial charge in [0.25, 0.3) is 0 Å². The number of fused-ring (bicyclic) bond motifs is 3. The molecule has 0 amide bonds. The summed E-state index contributed by atoms with van der Waals surface area (Å²) in [6.07, 6.45) is 7.83. The van der Waals surface area contributed by atoms with Crippen LogP contribution < -0.4 is 10.1 Å². The van der Waals surface area contributed by atoms with E-state index in [1.165, 1.54) is 5.56 Å². The van der Waals surface area contributed by atoms with E-state index in [9.17, 15) is 5.11 Å². The molecule has 130 valence electrons. The summed E-state index contributed by atoms with van der Waals surface area (Å²) in [5.74, 6) is 2.12. The van der Waals surface area contributed by atoms with Gasteiger partial charge < -0.3 is 15.2 Å². The first-order valence-electron chi connectivity index (χ1n) is 9.25. The predicted molar refractivity (Wildman–Crippen MR) is 101 cm³/mol. The number of hydrogen-bond acceptors (Lipinski definition) is 3. The number of phenols is 1. The molecule has 2 N–H and O–H groups in total. The molecule has 0 radical (unpaired) electrons. The Balaban J connectivity index is 1.65. The third-order valence-corrected chi connectivity index (χ3v) is 5.37. The number of aromatic hydroxyl groups is 1. The van der Waals surface area contributed by atoms with E-state index in [1.807, 2.05) is 24.3 Å². The third-order valence-electron chi connectivity index (χ3n) is 5.37. The molecule has 1 heterocycles. The van der Waals surface area contributed by atoms with Gasteiger partial charge in [0, 0.05) is 17.2 Å². The Labute approximate surface area is 149 Å². The Hall–Kier alpha value is -2.42. The maximum absolute atomic E-state index is 10.3. The molecule has 25 heavy (non-hydrogen) atoms. The number of nitrogens with one attached hydrogen (secondary N) is 1. The molecule has 1 aliphatic heterocycles. The van der Waals surface area contributed by atoms with Crippen molar-refractivity contribution in [1.82, 2.24) is 0 Å². The summed E-state index contributed by atoms with van der Waals surface area (Å²) in [4.78, 5) is 0. The predicted octanol–water partition coefficient (Wildman–Crippen LogP) is 5.40. The fraction of sp³-hybridized carbons (Fsp3) is 0.364. The summed E-state index contributed by atoms with van der Waals surface area (Å²) >= 11 is 0. The second-order valence-corrected chi connectivity index (χ2v) is 6.99. The van der Waals surface area contributed by atoms with Crippen LogP contribution in [0.15, 0.2) is 54.6 Å². The lowest BCUT2D eigenvalue weighted by atomic mass is 9.77. The molecule has 0 fully saturated rings. The van der Waals surface area contributed by atoms with E-state index >= 15 is 0 Å². The van der Waals surface area contributed by atoms with Crippen molar-refractivity contribution in [3.05, 3.63) is 65.7 Å². The van der Waals surface area contributed by atoms with Crippen LogP contribution in [0.3, 0.4) is 0 Å². The monoisotopic (exact) mass is 335 g/mol. The van der Waals surface area contributed by atoms with Crippen molar-refractivity contribution in [1.29, 1.82) is 0 Å². The van der Waals surface area contributed by atoms with Crippen LogP contribution in [0.2, 0.25) is 0 Å². The molecule has 2 aliphatic rings. The zero-order chi connectivity index (χ0) is 17.2. The standard InChI is InChI=1S/C22H25NO2/c1-2-3-13-25-15-11-12-20-19(14-15)16-8-6-9-17(16)22(23-20)18-7-4-5-10-21(18)24/h4-8,10-12,14,16-17,22-24H,2-3,9,13H2,1H3. The first-order chi connectivity index (χ1) is 12.3. The summed E-state index contributed by atoms with van der Waals surface area (Å²) in [7, 11) is 0. The third kappa shape index (κ3) is 2.99. The number of anilines is 1. The van der Waals surface area contributed by atoms with Crippen molar-refractivity contribution < 1.29 is 9.84 Å². The highest BCUT2D eigenvalue weighted by Crippen LogP contribution is 2.51. The Morgan fingerprint density at radius 1 is 1.16 bits per heavy atom. The summed E-state index contributed by atoms with van der Waals surface area (Å²) in [5.41, 5.74) is 3.43. The number of hydrogen-bond donors (Lipinski definition) is 2. The number of phenolic OH excluding ortho intramolecular Hbond substituents is 1. The topological polar surface area (TPSA) is 41.5 Å². The van der Waals surface area contributed by atoms with E-state index in [0.29, 0.717) is 17.6 Å². The fourth-order valence-electron chi connectivity index (χ4n) is 4.06. The van der Waals surface area contributed by atoms with Gasteiger partial charge in [-0.25, -0.2) is 0 Å². The zero-order valence-electron chi connectivity index (χ0n) is 14.6. The molecule has 2 aromatic carbocycles. The summed E-state index contributed by atoms with van der Waals surface area (Å²) in [6.45, 7) is 2.94.